The van der Waals surface area contributed by atoms with Crippen LogP contribution < -0.4 is 0 Å². The minimum absolute atomic E-state index is 0.0702. The Labute approximate surface area is 73.8 Å². The molecule has 0 heterocycles. The van der Waals surface area contributed by atoms with E-state index in [1.54, 1.807) is 0 Å². The summed E-state index contributed by atoms with van der Waals surface area (Å²) in [6.45, 7) is -0.511. The first-order valence-corrected chi connectivity index (χ1v) is 3.46. The van der Waals surface area contributed by atoms with Crippen molar-refractivity contribution in [2.75, 3.05) is 0 Å². The second-order valence-electron chi connectivity index (χ2n) is 2.36. The van der Waals surface area contributed by atoms with Crippen LogP contribution in [0.1, 0.15) is 15.9 Å². The molecule has 5 heteroatoms. The minimum Gasteiger partial charge on any atom is -0.478 e. The van der Waals surface area contributed by atoms with Gasteiger partial charge in [-0.2, -0.15) is 0 Å². The van der Waals surface area contributed by atoms with Crippen LogP contribution in [0.5, 0.6) is 0 Å². The summed E-state index contributed by atoms with van der Waals surface area (Å²) >= 11 is 0. The fourth-order valence-corrected chi connectivity index (χ4v) is 0.932. The SMILES string of the molecule is O=C(O)c1ccc[c]c1C[N+](=O)[O-]. The van der Waals surface area contributed by atoms with Gasteiger partial charge in [-0.3, -0.25) is 10.1 Å². The summed E-state index contributed by atoms with van der Waals surface area (Å²) in [4.78, 5) is 20.1. The third kappa shape index (κ3) is 2.26. The van der Waals surface area contributed by atoms with E-state index in [1.807, 2.05) is 0 Å². The van der Waals surface area contributed by atoms with Gasteiger partial charge in [0.05, 0.1) is 5.56 Å². The first-order valence-electron chi connectivity index (χ1n) is 3.46. The summed E-state index contributed by atoms with van der Waals surface area (Å²) in [5.74, 6) is -1.17. The molecule has 1 aromatic rings. The molecule has 1 N–H and O–H groups in total. The van der Waals surface area contributed by atoms with Crippen molar-refractivity contribution in [2.45, 2.75) is 6.54 Å². The van der Waals surface area contributed by atoms with Crippen LogP contribution in [-0.4, -0.2) is 16.0 Å². The number of carboxylic acid groups (broad SMARTS) is 1. The van der Waals surface area contributed by atoms with Gasteiger partial charge in [0.1, 0.15) is 0 Å². The number of benzene rings is 1. The fourth-order valence-electron chi connectivity index (χ4n) is 0.932. The van der Waals surface area contributed by atoms with Crippen molar-refractivity contribution in [2.24, 2.45) is 0 Å². The van der Waals surface area contributed by atoms with Crippen molar-refractivity contribution in [3.05, 3.63) is 45.5 Å². The first kappa shape index (κ1) is 9.18. The van der Waals surface area contributed by atoms with Crippen LogP contribution in [-0.2, 0) is 6.54 Å². The molecule has 0 saturated carbocycles. The van der Waals surface area contributed by atoms with Crippen molar-refractivity contribution in [3.8, 4) is 0 Å². The maximum absolute atomic E-state index is 10.6. The molecule has 1 aromatic carbocycles. The predicted octanol–water partition coefficient (Wildman–Crippen LogP) is 0.962. The lowest BCUT2D eigenvalue weighted by Crippen LogP contribution is -2.06. The van der Waals surface area contributed by atoms with E-state index < -0.39 is 17.4 Å². The summed E-state index contributed by atoms with van der Waals surface area (Å²) in [5, 5.41) is 18.8. The largest absolute Gasteiger partial charge is 0.478 e. The van der Waals surface area contributed by atoms with Gasteiger partial charge in [0, 0.05) is 10.5 Å². The van der Waals surface area contributed by atoms with E-state index in [9.17, 15) is 14.9 Å². The number of rotatable bonds is 3. The molecule has 0 aliphatic heterocycles. The average Bonchev–Trinajstić information content (AvgIpc) is 2.03. The third-order valence-corrected chi connectivity index (χ3v) is 1.46. The molecule has 0 saturated heterocycles. The molecule has 0 bridgehead atoms. The lowest BCUT2D eigenvalue weighted by molar-refractivity contribution is -0.496. The summed E-state index contributed by atoms with van der Waals surface area (Å²) in [5.41, 5.74) is 0.0270. The quantitative estimate of drug-likeness (QED) is 0.554. The van der Waals surface area contributed by atoms with Crippen molar-refractivity contribution < 1.29 is 14.8 Å². The highest BCUT2D eigenvalue weighted by Gasteiger charge is 2.12. The van der Waals surface area contributed by atoms with Gasteiger partial charge in [-0.1, -0.05) is 12.1 Å². The van der Waals surface area contributed by atoms with Gasteiger partial charge in [-0.15, -0.1) is 0 Å². The topological polar surface area (TPSA) is 80.4 Å². The Morgan fingerprint density at radius 1 is 1.69 bits per heavy atom. The van der Waals surface area contributed by atoms with Crippen LogP contribution in [0.3, 0.4) is 0 Å². The molecule has 13 heavy (non-hydrogen) atoms. The molecule has 5 nitrogen and oxygen atoms in total. The molecule has 1 rings (SSSR count). The van der Waals surface area contributed by atoms with Crippen LogP contribution in [0, 0.1) is 16.2 Å². The number of carboxylic acids is 1. The monoisotopic (exact) mass is 180 g/mol. The highest BCUT2D eigenvalue weighted by molar-refractivity contribution is 5.89. The maximum Gasteiger partial charge on any atom is 0.336 e. The van der Waals surface area contributed by atoms with E-state index in [4.69, 9.17) is 5.11 Å². The molecule has 0 spiro atoms. The summed E-state index contributed by atoms with van der Waals surface area (Å²) in [6, 6.07) is 6.77. The molecule has 0 aliphatic rings. The fraction of sp³-hybridized carbons (Fsp3) is 0.125. The van der Waals surface area contributed by atoms with Gasteiger partial charge >= 0.3 is 5.97 Å². The zero-order valence-corrected chi connectivity index (χ0v) is 6.56. The highest BCUT2D eigenvalue weighted by atomic mass is 16.6. The van der Waals surface area contributed by atoms with Gasteiger partial charge in [0.2, 0.25) is 6.54 Å². The van der Waals surface area contributed by atoms with E-state index >= 15 is 0 Å². The predicted molar refractivity (Wildman–Crippen MR) is 42.9 cm³/mol. The van der Waals surface area contributed by atoms with Crippen molar-refractivity contribution in [3.63, 3.8) is 0 Å². The number of carbonyl (C=O) groups is 1. The van der Waals surface area contributed by atoms with Gasteiger partial charge in [0.15, 0.2) is 0 Å². The van der Waals surface area contributed by atoms with Gasteiger partial charge in [0.25, 0.3) is 0 Å². The standard InChI is InChI=1S/C8H6NO4/c10-8(11)7-4-2-1-3-6(7)5-9(12)13/h1-2,4H,5H2,(H,10,11). The smallest absolute Gasteiger partial charge is 0.336 e. The first-order chi connectivity index (χ1) is 6.11. The Bertz CT molecular complexity index is 348. The van der Waals surface area contributed by atoms with E-state index in [0.29, 0.717) is 0 Å². The zero-order valence-electron chi connectivity index (χ0n) is 6.56. The third-order valence-electron chi connectivity index (χ3n) is 1.46. The van der Waals surface area contributed by atoms with E-state index in [-0.39, 0.29) is 11.1 Å². The van der Waals surface area contributed by atoms with Gasteiger partial charge < -0.3 is 5.11 Å². The lowest BCUT2D eigenvalue weighted by Gasteiger charge is -1.99. The molecule has 0 aliphatic carbocycles. The van der Waals surface area contributed by atoms with Crippen LogP contribution in [0.4, 0.5) is 0 Å². The van der Waals surface area contributed by atoms with Crippen molar-refractivity contribution in [1.82, 2.24) is 0 Å². The van der Waals surface area contributed by atoms with E-state index in [1.165, 1.54) is 18.2 Å². The zero-order chi connectivity index (χ0) is 9.84. The van der Waals surface area contributed by atoms with Crippen molar-refractivity contribution in [1.29, 1.82) is 0 Å². The number of nitrogens with zero attached hydrogens (tertiary/aromatic N) is 1. The number of hydrogen-bond acceptors (Lipinski definition) is 3. The molecular formula is C8H6NO4. The molecule has 0 aromatic heterocycles. The number of aromatic carboxylic acids is 1. The van der Waals surface area contributed by atoms with Crippen LogP contribution in [0.25, 0.3) is 0 Å². The summed E-state index contributed by atoms with van der Waals surface area (Å²) < 4.78 is 0. The second kappa shape index (κ2) is 3.66. The molecule has 0 amide bonds. The number of nitro groups is 1. The van der Waals surface area contributed by atoms with Crippen molar-refractivity contribution >= 4 is 5.97 Å². The van der Waals surface area contributed by atoms with Crippen LogP contribution >= 0.6 is 0 Å². The Balaban J connectivity index is 3.04. The molecule has 1 radical (unpaired) electrons. The Hall–Kier alpha value is -1.91. The average molecular weight is 180 g/mol. The highest BCUT2D eigenvalue weighted by Crippen LogP contribution is 2.08. The Morgan fingerprint density at radius 3 is 2.92 bits per heavy atom. The number of hydrogen-bond donors (Lipinski definition) is 1. The maximum atomic E-state index is 10.6. The van der Waals surface area contributed by atoms with Gasteiger partial charge in [-0.05, 0) is 12.1 Å². The normalized spacial score (nSPS) is 9.54. The molecule has 0 atom stereocenters. The van der Waals surface area contributed by atoms with Crippen LogP contribution in [0.15, 0.2) is 18.2 Å². The minimum atomic E-state index is -1.17. The molecular weight excluding hydrogens is 174 g/mol. The molecule has 0 unspecified atom stereocenters. The molecule has 0 fully saturated rings. The van der Waals surface area contributed by atoms with Gasteiger partial charge in [-0.25, -0.2) is 4.79 Å². The van der Waals surface area contributed by atoms with E-state index in [2.05, 4.69) is 6.07 Å². The van der Waals surface area contributed by atoms with Crippen LogP contribution in [0.2, 0.25) is 0 Å². The Morgan fingerprint density at radius 2 is 2.38 bits per heavy atom. The molecule has 67 valence electrons. The summed E-state index contributed by atoms with van der Waals surface area (Å²) in [7, 11) is 0. The summed E-state index contributed by atoms with van der Waals surface area (Å²) in [6.07, 6.45) is 0. The van der Waals surface area contributed by atoms with E-state index in [0.717, 1.165) is 0 Å². The second-order valence-corrected chi connectivity index (χ2v) is 2.36. The Kier molecular flexibility index (Phi) is 2.59. The lowest BCUT2D eigenvalue weighted by atomic mass is 10.1.